The molecule has 0 aromatic heterocycles. The van der Waals surface area contributed by atoms with Gasteiger partial charge in [0.25, 0.3) is 5.91 Å². The lowest BCUT2D eigenvalue weighted by molar-refractivity contribution is -0.137. The van der Waals surface area contributed by atoms with E-state index >= 15 is 0 Å². The van der Waals surface area contributed by atoms with Gasteiger partial charge >= 0.3 is 6.18 Å². The Morgan fingerprint density at radius 2 is 1.50 bits per heavy atom. The van der Waals surface area contributed by atoms with Gasteiger partial charge < -0.3 is 10.6 Å². The van der Waals surface area contributed by atoms with Crippen LogP contribution in [-0.2, 0) is 17.4 Å². The predicted molar refractivity (Wildman–Crippen MR) is 109 cm³/mol. The molecule has 0 unspecified atom stereocenters. The highest BCUT2D eigenvalue weighted by molar-refractivity contribution is 6.06. The molecule has 0 fully saturated rings. The molecule has 3 rings (SSSR count). The van der Waals surface area contributed by atoms with Crippen molar-refractivity contribution in [3.8, 4) is 0 Å². The molecule has 0 heterocycles. The molecule has 0 radical (unpaired) electrons. The summed E-state index contributed by atoms with van der Waals surface area (Å²) in [6, 6.07) is 18.4. The minimum absolute atomic E-state index is 0.0853. The van der Waals surface area contributed by atoms with Gasteiger partial charge in [0.2, 0.25) is 5.91 Å². The van der Waals surface area contributed by atoms with E-state index in [2.05, 4.69) is 10.6 Å². The van der Waals surface area contributed by atoms with Crippen molar-refractivity contribution in [3.63, 3.8) is 0 Å². The van der Waals surface area contributed by atoms with E-state index < -0.39 is 17.6 Å². The molecule has 2 N–H and O–H groups in total. The number of hydrogen-bond donors (Lipinski definition) is 2. The summed E-state index contributed by atoms with van der Waals surface area (Å²) < 4.78 is 37.9. The predicted octanol–water partition coefficient (Wildman–Crippen LogP) is 5.45. The smallest absolute Gasteiger partial charge is 0.326 e. The van der Waals surface area contributed by atoms with Gasteiger partial charge in [-0.2, -0.15) is 13.2 Å². The van der Waals surface area contributed by atoms with E-state index in [1.165, 1.54) is 12.1 Å². The van der Waals surface area contributed by atoms with Crippen LogP contribution in [0.15, 0.2) is 72.8 Å². The Morgan fingerprint density at radius 1 is 0.833 bits per heavy atom. The number of benzene rings is 3. The molecule has 0 saturated carbocycles. The summed E-state index contributed by atoms with van der Waals surface area (Å²) in [4.78, 5) is 24.9. The number of anilines is 2. The van der Waals surface area contributed by atoms with Crippen LogP contribution in [0.4, 0.5) is 24.5 Å². The lowest BCUT2D eigenvalue weighted by Gasteiger charge is -2.13. The normalized spacial score (nSPS) is 11.1. The average molecular weight is 412 g/mol. The second kappa shape index (κ2) is 8.82. The standard InChI is InChI=1S/C23H19F3N2O2/c1-15-19(22(30)27-18-6-3-2-4-7-18)8-5-9-20(15)28-21(29)14-16-10-12-17(13-11-16)23(24,25)26/h2-13H,14H2,1H3,(H,27,30)(H,28,29). The second-order valence-corrected chi connectivity index (χ2v) is 6.72. The molecular formula is C23H19F3N2O2. The second-order valence-electron chi connectivity index (χ2n) is 6.72. The molecular weight excluding hydrogens is 393 g/mol. The number of carbonyl (C=O) groups is 2. The summed E-state index contributed by atoms with van der Waals surface area (Å²) in [6.07, 6.45) is -4.50. The van der Waals surface area contributed by atoms with Crippen LogP contribution in [0.5, 0.6) is 0 Å². The molecule has 0 bridgehead atoms. The van der Waals surface area contributed by atoms with Gasteiger partial charge in [0, 0.05) is 16.9 Å². The fourth-order valence-electron chi connectivity index (χ4n) is 2.93. The van der Waals surface area contributed by atoms with Gasteiger partial charge in [0.05, 0.1) is 12.0 Å². The highest BCUT2D eigenvalue weighted by Crippen LogP contribution is 2.29. The van der Waals surface area contributed by atoms with Crippen LogP contribution in [0, 0.1) is 6.92 Å². The summed E-state index contributed by atoms with van der Waals surface area (Å²) >= 11 is 0. The van der Waals surface area contributed by atoms with E-state index in [1.807, 2.05) is 6.07 Å². The summed E-state index contributed by atoms with van der Waals surface area (Å²) in [6.45, 7) is 1.72. The lowest BCUT2D eigenvalue weighted by Crippen LogP contribution is -2.18. The molecule has 2 amide bonds. The maximum absolute atomic E-state index is 12.6. The SMILES string of the molecule is Cc1c(NC(=O)Cc2ccc(C(F)(F)F)cc2)cccc1C(=O)Nc1ccccc1. The molecule has 0 aliphatic rings. The van der Waals surface area contributed by atoms with Gasteiger partial charge in [0.1, 0.15) is 0 Å². The van der Waals surface area contributed by atoms with Crippen molar-refractivity contribution in [2.24, 2.45) is 0 Å². The van der Waals surface area contributed by atoms with E-state index in [0.29, 0.717) is 28.1 Å². The summed E-state index contributed by atoms with van der Waals surface area (Å²) in [5.41, 5.74) is 1.81. The molecule has 0 atom stereocenters. The van der Waals surface area contributed by atoms with Crippen LogP contribution >= 0.6 is 0 Å². The Kier molecular flexibility index (Phi) is 6.20. The van der Waals surface area contributed by atoms with Gasteiger partial charge in [-0.05, 0) is 54.4 Å². The first-order chi connectivity index (χ1) is 14.2. The molecule has 0 aliphatic heterocycles. The van der Waals surface area contributed by atoms with Crippen molar-refractivity contribution in [1.82, 2.24) is 0 Å². The highest BCUT2D eigenvalue weighted by Gasteiger charge is 2.30. The summed E-state index contributed by atoms with van der Waals surface area (Å²) in [7, 11) is 0. The lowest BCUT2D eigenvalue weighted by atomic mass is 10.0. The summed E-state index contributed by atoms with van der Waals surface area (Å²) in [5, 5.41) is 5.51. The minimum atomic E-state index is -4.42. The van der Waals surface area contributed by atoms with Crippen molar-refractivity contribution in [1.29, 1.82) is 0 Å². The van der Waals surface area contributed by atoms with Gasteiger partial charge in [-0.3, -0.25) is 9.59 Å². The third-order valence-electron chi connectivity index (χ3n) is 4.53. The molecule has 3 aromatic carbocycles. The first kappa shape index (κ1) is 21.1. The van der Waals surface area contributed by atoms with Crippen molar-refractivity contribution in [2.45, 2.75) is 19.5 Å². The Labute approximate surface area is 171 Å². The minimum Gasteiger partial charge on any atom is -0.326 e. The largest absolute Gasteiger partial charge is 0.416 e. The number of hydrogen-bond acceptors (Lipinski definition) is 2. The third-order valence-corrected chi connectivity index (χ3v) is 4.53. The van der Waals surface area contributed by atoms with E-state index in [-0.39, 0.29) is 12.3 Å². The number of rotatable bonds is 5. The number of nitrogens with one attached hydrogen (secondary N) is 2. The number of alkyl halides is 3. The Hall–Kier alpha value is -3.61. The monoisotopic (exact) mass is 412 g/mol. The van der Waals surface area contributed by atoms with Crippen molar-refractivity contribution >= 4 is 23.2 Å². The number of amides is 2. The molecule has 0 saturated heterocycles. The first-order valence-electron chi connectivity index (χ1n) is 9.16. The van der Waals surface area contributed by atoms with Crippen molar-refractivity contribution < 1.29 is 22.8 Å². The quantitative estimate of drug-likeness (QED) is 0.586. The third kappa shape index (κ3) is 5.26. The molecule has 3 aromatic rings. The van der Waals surface area contributed by atoms with Gasteiger partial charge in [0.15, 0.2) is 0 Å². The van der Waals surface area contributed by atoms with Crippen LogP contribution in [0.2, 0.25) is 0 Å². The highest BCUT2D eigenvalue weighted by atomic mass is 19.4. The maximum Gasteiger partial charge on any atom is 0.416 e. The maximum atomic E-state index is 12.6. The number of para-hydroxylation sites is 1. The molecule has 30 heavy (non-hydrogen) atoms. The van der Waals surface area contributed by atoms with Crippen LogP contribution in [0.3, 0.4) is 0 Å². The Morgan fingerprint density at radius 3 is 2.13 bits per heavy atom. The average Bonchev–Trinajstić information content (AvgIpc) is 2.70. The zero-order valence-electron chi connectivity index (χ0n) is 16.1. The number of halogens is 3. The van der Waals surface area contributed by atoms with E-state index in [9.17, 15) is 22.8 Å². The fraction of sp³-hybridized carbons (Fsp3) is 0.130. The molecule has 7 heteroatoms. The van der Waals surface area contributed by atoms with Crippen LogP contribution in [0.25, 0.3) is 0 Å². The molecule has 0 aliphatic carbocycles. The van der Waals surface area contributed by atoms with Gasteiger partial charge in [-0.1, -0.05) is 36.4 Å². The zero-order chi connectivity index (χ0) is 21.7. The number of carbonyl (C=O) groups excluding carboxylic acids is 2. The first-order valence-corrected chi connectivity index (χ1v) is 9.16. The molecule has 0 spiro atoms. The van der Waals surface area contributed by atoms with E-state index in [4.69, 9.17) is 0 Å². The van der Waals surface area contributed by atoms with Gasteiger partial charge in [-0.25, -0.2) is 0 Å². The molecule has 4 nitrogen and oxygen atoms in total. The van der Waals surface area contributed by atoms with Crippen molar-refractivity contribution in [2.75, 3.05) is 10.6 Å². The molecule has 154 valence electrons. The van der Waals surface area contributed by atoms with E-state index in [0.717, 1.165) is 12.1 Å². The Bertz CT molecular complexity index is 1050. The van der Waals surface area contributed by atoms with Crippen LogP contribution < -0.4 is 10.6 Å². The fourth-order valence-corrected chi connectivity index (χ4v) is 2.93. The Balaban J connectivity index is 1.68. The van der Waals surface area contributed by atoms with Crippen molar-refractivity contribution in [3.05, 3.63) is 95.1 Å². The zero-order valence-corrected chi connectivity index (χ0v) is 16.1. The van der Waals surface area contributed by atoms with Crippen LogP contribution in [-0.4, -0.2) is 11.8 Å². The topological polar surface area (TPSA) is 58.2 Å². The van der Waals surface area contributed by atoms with Crippen LogP contribution in [0.1, 0.15) is 27.0 Å². The summed E-state index contributed by atoms with van der Waals surface area (Å²) in [5.74, 6) is -0.698. The van der Waals surface area contributed by atoms with Gasteiger partial charge in [-0.15, -0.1) is 0 Å². The van der Waals surface area contributed by atoms with E-state index in [1.54, 1.807) is 49.4 Å².